The molecular formula is C19H26N2O. The molecule has 3 aliphatic rings. The lowest BCUT2D eigenvalue weighted by Gasteiger charge is -2.41. The van der Waals surface area contributed by atoms with Gasteiger partial charge in [0.1, 0.15) is 0 Å². The minimum absolute atomic E-state index is 0.146. The molecule has 0 aromatic heterocycles. The van der Waals surface area contributed by atoms with Crippen LogP contribution >= 0.6 is 0 Å². The van der Waals surface area contributed by atoms with E-state index < -0.39 is 0 Å². The third-order valence-corrected chi connectivity index (χ3v) is 6.12. The van der Waals surface area contributed by atoms with Crippen molar-refractivity contribution in [3.63, 3.8) is 0 Å². The summed E-state index contributed by atoms with van der Waals surface area (Å²) in [5.41, 5.74) is 2.07. The van der Waals surface area contributed by atoms with Gasteiger partial charge in [-0.15, -0.1) is 0 Å². The molecule has 1 aromatic carbocycles. The fraction of sp³-hybridized carbons (Fsp3) is 0.632. The third kappa shape index (κ3) is 2.56. The topological polar surface area (TPSA) is 23.6 Å². The van der Waals surface area contributed by atoms with Crippen LogP contribution in [-0.4, -0.2) is 42.9 Å². The van der Waals surface area contributed by atoms with Gasteiger partial charge in [-0.05, 0) is 62.3 Å². The number of ketones is 1. The second kappa shape index (κ2) is 5.69. The number of carbonyl (C=O) groups is 1. The Balaban J connectivity index is 1.36. The molecule has 4 rings (SSSR count). The van der Waals surface area contributed by atoms with Crippen LogP contribution in [0.1, 0.15) is 43.0 Å². The van der Waals surface area contributed by atoms with Crippen LogP contribution in [-0.2, 0) is 0 Å². The van der Waals surface area contributed by atoms with Gasteiger partial charge >= 0.3 is 0 Å². The van der Waals surface area contributed by atoms with Crippen molar-refractivity contribution < 1.29 is 4.79 Å². The first-order valence-electron chi connectivity index (χ1n) is 8.81. The van der Waals surface area contributed by atoms with Crippen molar-refractivity contribution in [2.24, 2.45) is 11.8 Å². The SMILES string of the molecule is CC(=O)c1ccc(N2CCN([C@@H]3C[C@@H]4CC[C@@H]3C4)CC2)cc1. The molecule has 0 spiro atoms. The van der Waals surface area contributed by atoms with Gasteiger partial charge in [-0.25, -0.2) is 0 Å². The van der Waals surface area contributed by atoms with E-state index in [2.05, 4.69) is 21.9 Å². The number of carbonyl (C=O) groups excluding carboxylic acids is 1. The van der Waals surface area contributed by atoms with Crippen LogP contribution in [0.4, 0.5) is 5.69 Å². The van der Waals surface area contributed by atoms with E-state index in [9.17, 15) is 4.79 Å². The second-order valence-corrected chi connectivity index (χ2v) is 7.37. The molecule has 3 nitrogen and oxygen atoms in total. The molecule has 1 heterocycles. The predicted molar refractivity (Wildman–Crippen MR) is 89.5 cm³/mol. The number of rotatable bonds is 3. The van der Waals surface area contributed by atoms with Crippen LogP contribution < -0.4 is 4.90 Å². The molecule has 3 heteroatoms. The molecule has 0 amide bonds. The van der Waals surface area contributed by atoms with E-state index in [1.54, 1.807) is 6.92 Å². The highest BCUT2D eigenvalue weighted by molar-refractivity contribution is 5.94. The van der Waals surface area contributed by atoms with Gasteiger partial charge in [0.05, 0.1) is 0 Å². The number of nitrogens with zero attached hydrogens (tertiary/aromatic N) is 2. The second-order valence-electron chi connectivity index (χ2n) is 7.37. The fourth-order valence-electron chi connectivity index (χ4n) is 4.88. The van der Waals surface area contributed by atoms with Crippen molar-refractivity contribution in [2.75, 3.05) is 31.1 Å². The van der Waals surface area contributed by atoms with Crippen LogP contribution in [0.15, 0.2) is 24.3 Å². The number of anilines is 1. The van der Waals surface area contributed by atoms with E-state index in [1.165, 1.54) is 44.5 Å². The number of piperazine rings is 1. The Morgan fingerprint density at radius 1 is 1.00 bits per heavy atom. The summed E-state index contributed by atoms with van der Waals surface area (Å²) in [6.07, 6.45) is 5.92. The van der Waals surface area contributed by atoms with Gasteiger partial charge in [0.15, 0.2) is 5.78 Å². The molecule has 2 bridgehead atoms. The Morgan fingerprint density at radius 3 is 2.27 bits per heavy atom. The van der Waals surface area contributed by atoms with Gasteiger partial charge < -0.3 is 4.90 Å². The molecule has 2 aliphatic carbocycles. The van der Waals surface area contributed by atoms with Gasteiger partial charge in [-0.2, -0.15) is 0 Å². The van der Waals surface area contributed by atoms with E-state index in [-0.39, 0.29) is 5.78 Å². The van der Waals surface area contributed by atoms with E-state index in [1.807, 2.05) is 12.1 Å². The van der Waals surface area contributed by atoms with E-state index >= 15 is 0 Å². The fourth-order valence-corrected chi connectivity index (χ4v) is 4.88. The lowest BCUT2D eigenvalue weighted by atomic mass is 9.93. The third-order valence-electron chi connectivity index (χ3n) is 6.12. The van der Waals surface area contributed by atoms with Crippen molar-refractivity contribution in [1.82, 2.24) is 4.90 Å². The van der Waals surface area contributed by atoms with Crippen LogP contribution in [0.25, 0.3) is 0 Å². The van der Waals surface area contributed by atoms with Crippen molar-refractivity contribution >= 4 is 11.5 Å². The summed E-state index contributed by atoms with van der Waals surface area (Å²) in [6.45, 7) is 6.26. The molecular weight excluding hydrogens is 272 g/mol. The van der Waals surface area contributed by atoms with Crippen molar-refractivity contribution in [3.8, 4) is 0 Å². The van der Waals surface area contributed by atoms with Crippen LogP contribution in [0.3, 0.4) is 0 Å². The lowest BCUT2D eigenvalue weighted by molar-refractivity contribution is 0.101. The Labute approximate surface area is 133 Å². The molecule has 22 heavy (non-hydrogen) atoms. The zero-order valence-electron chi connectivity index (χ0n) is 13.5. The molecule has 2 saturated carbocycles. The average molecular weight is 298 g/mol. The quantitative estimate of drug-likeness (QED) is 0.801. The van der Waals surface area contributed by atoms with Crippen molar-refractivity contribution in [3.05, 3.63) is 29.8 Å². The summed E-state index contributed by atoms with van der Waals surface area (Å²) in [6, 6.07) is 8.99. The van der Waals surface area contributed by atoms with E-state index in [0.29, 0.717) is 0 Å². The maximum Gasteiger partial charge on any atom is 0.159 e. The highest BCUT2D eigenvalue weighted by atomic mass is 16.1. The molecule has 0 N–H and O–H groups in total. The van der Waals surface area contributed by atoms with E-state index in [4.69, 9.17) is 0 Å². The smallest absolute Gasteiger partial charge is 0.159 e. The van der Waals surface area contributed by atoms with Gasteiger partial charge in [-0.3, -0.25) is 9.69 Å². The minimum Gasteiger partial charge on any atom is -0.369 e. The normalized spacial score (nSPS) is 31.7. The summed E-state index contributed by atoms with van der Waals surface area (Å²) in [4.78, 5) is 16.6. The summed E-state index contributed by atoms with van der Waals surface area (Å²) in [7, 11) is 0. The molecule has 1 saturated heterocycles. The Bertz CT molecular complexity index is 545. The van der Waals surface area contributed by atoms with Crippen LogP contribution in [0.5, 0.6) is 0 Å². The average Bonchev–Trinajstić information content (AvgIpc) is 3.18. The Kier molecular flexibility index (Phi) is 3.69. The number of hydrogen-bond donors (Lipinski definition) is 0. The molecule has 3 atom stereocenters. The first-order chi connectivity index (χ1) is 10.7. The first kappa shape index (κ1) is 14.3. The predicted octanol–water partition coefficient (Wildman–Crippen LogP) is 3.20. The van der Waals surface area contributed by atoms with Crippen molar-refractivity contribution in [1.29, 1.82) is 0 Å². The highest BCUT2D eigenvalue weighted by Crippen LogP contribution is 2.46. The largest absolute Gasteiger partial charge is 0.369 e. The number of Topliss-reactive ketones (excluding diaryl/α,β-unsaturated/α-hetero) is 1. The number of hydrogen-bond acceptors (Lipinski definition) is 3. The Hall–Kier alpha value is -1.35. The standard InChI is InChI=1S/C19H26N2O/c1-14(22)16-4-6-18(7-5-16)20-8-10-21(11-9-20)19-13-15-2-3-17(19)12-15/h4-7,15,17,19H,2-3,8-13H2,1H3/t15-,17-,19-/m1/s1. The monoisotopic (exact) mass is 298 g/mol. The Morgan fingerprint density at radius 2 is 1.73 bits per heavy atom. The van der Waals surface area contributed by atoms with Crippen molar-refractivity contribution in [2.45, 2.75) is 38.6 Å². The minimum atomic E-state index is 0.146. The van der Waals surface area contributed by atoms with Gasteiger partial charge in [0.25, 0.3) is 0 Å². The zero-order chi connectivity index (χ0) is 15.1. The first-order valence-corrected chi connectivity index (χ1v) is 8.81. The molecule has 118 valence electrons. The molecule has 3 fully saturated rings. The molecule has 0 unspecified atom stereocenters. The molecule has 0 radical (unpaired) electrons. The zero-order valence-corrected chi connectivity index (χ0v) is 13.5. The summed E-state index contributed by atoms with van der Waals surface area (Å²) in [5, 5.41) is 0. The van der Waals surface area contributed by atoms with Crippen LogP contribution in [0, 0.1) is 11.8 Å². The highest BCUT2D eigenvalue weighted by Gasteiger charge is 2.42. The van der Waals surface area contributed by atoms with E-state index in [0.717, 1.165) is 36.5 Å². The maximum absolute atomic E-state index is 11.4. The lowest BCUT2D eigenvalue weighted by Crippen LogP contribution is -2.51. The van der Waals surface area contributed by atoms with Crippen LogP contribution in [0.2, 0.25) is 0 Å². The molecule has 1 aromatic rings. The number of benzene rings is 1. The summed E-state index contributed by atoms with van der Waals surface area (Å²) >= 11 is 0. The van der Waals surface area contributed by atoms with Gasteiger partial charge in [0.2, 0.25) is 0 Å². The van der Waals surface area contributed by atoms with Gasteiger partial charge in [0, 0.05) is 43.5 Å². The summed E-state index contributed by atoms with van der Waals surface area (Å²) in [5.74, 6) is 2.17. The van der Waals surface area contributed by atoms with Gasteiger partial charge in [-0.1, -0.05) is 6.42 Å². The summed E-state index contributed by atoms with van der Waals surface area (Å²) < 4.78 is 0. The maximum atomic E-state index is 11.4. The molecule has 1 aliphatic heterocycles. The number of fused-ring (bicyclic) bond motifs is 2.